The van der Waals surface area contributed by atoms with Gasteiger partial charge in [-0.25, -0.2) is 8.78 Å². The highest BCUT2D eigenvalue weighted by molar-refractivity contribution is 9.10. The van der Waals surface area contributed by atoms with Crippen molar-refractivity contribution in [3.63, 3.8) is 0 Å². The van der Waals surface area contributed by atoms with Gasteiger partial charge in [0.2, 0.25) is 0 Å². The smallest absolute Gasteiger partial charge is 0.258 e. The molecule has 94 valence electrons. The maximum atomic E-state index is 13.3. The van der Waals surface area contributed by atoms with Gasteiger partial charge >= 0.3 is 0 Å². The van der Waals surface area contributed by atoms with E-state index in [0.717, 1.165) is 5.56 Å². The number of hydrogen-bond acceptors (Lipinski definition) is 2. The lowest BCUT2D eigenvalue weighted by molar-refractivity contribution is 0.385. The Hall–Kier alpha value is -1.56. The molecule has 0 aliphatic heterocycles. The van der Waals surface area contributed by atoms with E-state index in [9.17, 15) is 13.2 Å². The second-order valence-corrected chi connectivity index (χ2v) is 4.44. The monoisotopic (exact) mass is 317 g/mol. The van der Waals surface area contributed by atoms with Crippen molar-refractivity contribution < 1.29 is 17.9 Å². The van der Waals surface area contributed by atoms with Gasteiger partial charge in [-0.1, -0.05) is 6.07 Å². The van der Waals surface area contributed by atoms with Crippen molar-refractivity contribution in [2.75, 3.05) is 0 Å². The first-order valence-electron chi connectivity index (χ1n) is 4.93. The Balaban J connectivity index is 2.37. The molecule has 0 bridgehead atoms. The Kier molecular flexibility index (Phi) is 3.56. The molecule has 0 aliphatic rings. The number of ether oxygens (including phenoxy) is 1. The van der Waals surface area contributed by atoms with Crippen molar-refractivity contribution in [1.82, 2.24) is 4.98 Å². The van der Waals surface area contributed by atoms with Crippen LogP contribution in [0.25, 0.3) is 0 Å². The van der Waals surface area contributed by atoms with Gasteiger partial charge in [-0.2, -0.15) is 9.37 Å². The van der Waals surface area contributed by atoms with E-state index in [4.69, 9.17) is 4.74 Å². The van der Waals surface area contributed by atoms with E-state index in [1.807, 2.05) is 6.92 Å². The summed E-state index contributed by atoms with van der Waals surface area (Å²) >= 11 is 3.22. The number of benzene rings is 1. The summed E-state index contributed by atoms with van der Waals surface area (Å²) in [5.74, 6) is -4.18. The molecule has 1 heterocycles. The molecule has 18 heavy (non-hydrogen) atoms. The van der Waals surface area contributed by atoms with Crippen LogP contribution in [0.15, 0.2) is 28.7 Å². The first-order chi connectivity index (χ1) is 8.47. The quantitative estimate of drug-likeness (QED) is 0.768. The predicted molar refractivity (Wildman–Crippen MR) is 63.1 cm³/mol. The fraction of sp³-hybridized carbons (Fsp3) is 0.0833. The van der Waals surface area contributed by atoms with Crippen LogP contribution in [0, 0.1) is 24.5 Å². The topological polar surface area (TPSA) is 22.1 Å². The molecular weight excluding hydrogens is 311 g/mol. The van der Waals surface area contributed by atoms with Gasteiger partial charge in [-0.05, 0) is 40.5 Å². The van der Waals surface area contributed by atoms with Crippen molar-refractivity contribution in [1.29, 1.82) is 0 Å². The summed E-state index contributed by atoms with van der Waals surface area (Å²) in [6.45, 7) is 1.87. The van der Waals surface area contributed by atoms with Crippen LogP contribution in [-0.4, -0.2) is 4.98 Å². The van der Waals surface area contributed by atoms with E-state index in [1.54, 1.807) is 18.2 Å². The molecule has 1 aromatic heterocycles. The summed E-state index contributed by atoms with van der Waals surface area (Å²) in [4.78, 5) is 3.07. The van der Waals surface area contributed by atoms with Crippen molar-refractivity contribution in [2.24, 2.45) is 0 Å². The molecule has 1 aromatic carbocycles. The first-order valence-corrected chi connectivity index (χ1v) is 5.72. The molecule has 6 heteroatoms. The second-order valence-electron chi connectivity index (χ2n) is 3.58. The third kappa shape index (κ3) is 2.64. The molecule has 2 nitrogen and oxygen atoms in total. The third-order valence-corrected chi connectivity index (χ3v) is 2.77. The van der Waals surface area contributed by atoms with Crippen LogP contribution in [0.4, 0.5) is 13.2 Å². The van der Waals surface area contributed by atoms with Crippen LogP contribution in [0.3, 0.4) is 0 Å². The van der Waals surface area contributed by atoms with E-state index >= 15 is 0 Å². The average Bonchev–Trinajstić information content (AvgIpc) is 2.29. The minimum absolute atomic E-state index is 0.262. The number of rotatable bonds is 2. The van der Waals surface area contributed by atoms with Gasteiger partial charge in [0, 0.05) is 6.07 Å². The summed E-state index contributed by atoms with van der Waals surface area (Å²) in [5.41, 5.74) is 0.966. The molecule has 2 aromatic rings. The van der Waals surface area contributed by atoms with E-state index in [0.29, 0.717) is 10.5 Å². The molecular formula is C12H7BrF3NO. The molecule has 2 rings (SSSR count). The maximum absolute atomic E-state index is 13.3. The summed E-state index contributed by atoms with van der Waals surface area (Å²) in [6, 6.07) is 5.44. The molecule has 0 spiro atoms. The number of halogens is 4. The van der Waals surface area contributed by atoms with E-state index in [2.05, 4.69) is 20.9 Å². The fourth-order valence-corrected chi connectivity index (χ4v) is 1.87. The molecule has 0 fully saturated rings. The zero-order chi connectivity index (χ0) is 13.3. The van der Waals surface area contributed by atoms with Gasteiger partial charge in [0.25, 0.3) is 11.8 Å². The van der Waals surface area contributed by atoms with Crippen LogP contribution in [0.2, 0.25) is 0 Å². The van der Waals surface area contributed by atoms with Gasteiger partial charge < -0.3 is 4.74 Å². The van der Waals surface area contributed by atoms with Crippen molar-refractivity contribution in [3.05, 3.63) is 51.9 Å². The van der Waals surface area contributed by atoms with E-state index in [1.165, 1.54) is 0 Å². The zero-order valence-corrected chi connectivity index (χ0v) is 10.8. The highest BCUT2D eigenvalue weighted by Crippen LogP contribution is 2.31. The van der Waals surface area contributed by atoms with Gasteiger partial charge in [0.1, 0.15) is 5.75 Å². The molecule has 0 saturated carbocycles. The molecule has 0 amide bonds. The first kappa shape index (κ1) is 12.9. The van der Waals surface area contributed by atoms with Crippen molar-refractivity contribution >= 4 is 15.9 Å². The predicted octanol–water partition coefficient (Wildman–Crippen LogP) is 4.36. The summed E-state index contributed by atoms with van der Waals surface area (Å²) in [7, 11) is 0. The van der Waals surface area contributed by atoms with Gasteiger partial charge in [0.15, 0.2) is 11.6 Å². The molecule has 0 N–H and O–H groups in total. The lowest BCUT2D eigenvalue weighted by atomic mass is 10.2. The van der Waals surface area contributed by atoms with Gasteiger partial charge in [-0.3, -0.25) is 0 Å². The number of hydrogen-bond donors (Lipinski definition) is 0. The molecule has 0 atom stereocenters. The lowest BCUT2D eigenvalue weighted by Crippen LogP contribution is -1.98. The Morgan fingerprint density at radius 3 is 2.50 bits per heavy atom. The Morgan fingerprint density at radius 1 is 1.11 bits per heavy atom. The summed E-state index contributed by atoms with van der Waals surface area (Å²) in [6.07, 6.45) is 0. The van der Waals surface area contributed by atoms with E-state index in [-0.39, 0.29) is 5.75 Å². The largest absolute Gasteiger partial charge is 0.435 e. The minimum atomic E-state index is -1.41. The Morgan fingerprint density at radius 2 is 1.83 bits per heavy atom. The van der Waals surface area contributed by atoms with Crippen LogP contribution >= 0.6 is 15.9 Å². The van der Waals surface area contributed by atoms with Crippen LogP contribution in [0.5, 0.6) is 11.6 Å². The number of aromatic nitrogens is 1. The molecule has 0 unspecified atom stereocenters. The van der Waals surface area contributed by atoms with Crippen LogP contribution < -0.4 is 4.74 Å². The molecule has 0 radical (unpaired) electrons. The van der Waals surface area contributed by atoms with Crippen molar-refractivity contribution in [3.8, 4) is 11.6 Å². The van der Waals surface area contributed by atoms with Crippen LogP contribution in [-0.2, 0) is 0 Å². The zero-order valence-electron chi connectivity index (χ0n) is 9.18. The number of pyridine rings is 1. The molecule has 0 saturated heterocycles. The van der Waals surface area contributed by atoms with Crippen LogP contribution in [0.1, 0.15) is 5.56 Å². The summed E-state index contributed by atoms with van der Waals surface area (Å²) < 4.78 is 44.5. The van der Waals surface area contributed by atoms with Gasteiger partial charge in [0.05, 0.1) is 4.47 Å². The van der Waals surface area contributed by atoms with Crippen molar-refractivity contribution in [2.45, 2.75) is 6.92 Å². The molecule has 0 aliphatic carbocycles. The summed E-state index contributed by atoms with van der Waals surface area (Å²) in [5, 5.41) is 0. The highest BCUT2D eigenvalue weighted by Gasteiger charge is 2.14. The SMILES string of the molecule is Cc1ccc(Oc2nc(F)c(F)cc2F)c(Br)c1. The highest BCUT2D eigenvalue weighted by atomic mass is 79.9. The standard InChI is InChI=1S/C12H7BrF3NO/c1-6-2-3-10(7(13)4-6)18-12-9(15)5-8(14)11(16)17-12/h2-5H,1H3. The number of aryl methyl sites for hydroxylation is 1. The second kappa shape index (κ2) is 4.97. The lowest BCUT2D eigenvalue weighted by Gasteiger charge is -2.08. The Labute approximate surface area is 110 Å². The van der Waals surface area contributed by atoms with E-state index < -0.39 is 23.5 Å². The number of nitrogens with zero attached hydrogens (tertiary/aromatic N) is 1. The Bertz CT molecular complexity index is 604. The third-order valence-electron chi connectivity index (χ3n) is 2.15. The maximum Gasteiger partial charge on any atom is 0.258 e. The fourth-order valence-electron chi connectivity index (χ4n) is 1.29. The normalized spacial score (nSPS) is 10.5. The average molecular weight is 318 g/mol. The van der Waals surface area contributed by atoms with Gasteiger partial charge in [-0.15, -0.1) is 0 Å². The minimum Gasteiger partial charge on any atom is -0.435 e.